The van der Waals surface area contributed by atoms with Crippen molar-refractivity contribution in [3.8, 4) is 0 Å². The number of nitrogens with zero attached hydrogens (tertiary/aromatic N) is 2. The van der Waals surface area contributed by atoms with Gasteiger partial charge in [0.1, 0.15) is 0 Å². The highest BCUT2D eigenvalue weighted by molar-refractivity contribution is 4.82. The van der Waals surface area contributed by atoms with E-state index in [9.17, 15) is 0 Å². The Morgan fingerprint density at radius 2 is 1.94 bits per heavy atom. The number of nitrogens with one attached hydrogen (secondary N) is 1. The van der Waals surface area contributed by atoms with E-state index >= 15 is 0 Å². The molecule has 1 unspecified atom stereocenters. The van der Waals surface area contributed by atoms with Crippen molar-refractivity contribution in [3.05, 3.63) is 0 Å². The summed E-state index contributed by atoms with van der Waals surface area (Å²) in [4.78, 5) is 5.06. The molecule has 1 aliphatic heterocycles. The lowest BCUT2D eigenvalue weighted by Gasteiger charge is -2.39. The maximum absolute atomic E-state index is 3.33. The Morgan fingerprint density at radius 3 is 2.38 bits per heavy atom. The van der Waals surface area contributed by atoms with Gasteiger partial charge < -0.3 is 10.2 Å². The summed E-state index contributed by atoms with van der Waals surface area (Å²) >= 11 is 0. The van der Waals surface area contributed by atoms with E-state index in [-0.39, 0.29) is 0 Å². The molecule has 1 heterocycles. The molecule has 1 rings (SSSR count). The molecule has 0 bridgehead atoms. The molecule has 0 aromatic rings. The summed E-state index contributed by atoms with van der Waals surface area (Å²) in [5.74, 6) is 0. The third-order valence-corrected chi connectivity index (χ3v) is 3.81. The quantitative estimate of drug-likeness (QED) is 0.740. The second kappa shape index (κ2) is 7.25. The number of hydrogen-bond acceptors (Lipinski definition) is 3. The van der Waals surface area contributed by atoms with Crippen molar-refractivity contribution in [2.75, 3.05) is 40.8 Å². The van der Waals surface area contributed by atoms with Crippen LogP contribution in [0.4, 0.5) is 0 Å². The van der Waals surface area contributed by atoms with Crippen LogP contribution in [-0.4, -0.2) is 62.7 Å². The van der Waals surface area contributed by atoms with Crippen LogP contribution in [0.5, 0.6) is 0 Å². The van der Waals surface area contributed by atoms with Crippen molar-refractivity contribution in [2.24, 2.45) is 0 Å². The first-order chi connectivity index (χ1) is 7.69. The highest BCUT2D eigenvalue weighted by Gasteiger charge is 2.24. The maximum atomic E-state index is 3.33. The van der Waals surface area contributed by atoms with E-state index < -0.39 is 0 Å². The highest BCUT2D eigenvalue weighted by atomic mass is 15.2. The molecule has 0 amide bonds. The van der Waals surface area contributed by atoms with Gasteiger partial charge in [-0.1, -0.05) is 13.3 Å². The van der Waals surface area contributed by atoms with Gasteiger partial charge in [-0.2, -0.15) is 0 Å². The third kappa shape index (κ3) is 4.04. The van der Waals surface area contributed by atoms with Crippen molar-refractivity contribution in [2.45, 2.75) is 44.7 Å². The molecule has 0 aliphatic carbocycles. The monoisotopic (exact) mass is 227 g/mol. The average molecular weight is 227 g/mol. The summed E-state index contributed by atoms with van der Waals surface area (Å²) in [6.07, 6.45) is 5.28. The fourth-order valence-electron chi connectivity index (χ4n) is 2.75. The topological polar surface area (TPSA) is 18.5 Å². The number of likely N-dealkylation sites (N-methyl/N-ethyl adjacent to an activating group) is 1. The Hall–Kier alpha value is -0.120. The average Bonchev–Trinajstić information content (AvgIpc) is 2.29. The van der Waals surface area contributed by atoms with Gasteiger partial charge in [-0.3, -0.25) is 4.90 Å². The minimum absolute atomic E-state index is 0.748. The van der Waals surface area contributed by atoms with Gasteiger partial charge in [0.05, 0.1) is 0 Å². The van der Waals surface area contributed by atoms with E-state index in [4.69, 9.17) is 0 Å². The van der Waals surface area contributed by atoms with Crippen molar-refractivity contribution < 1.29 is 0 Å². The van der Waals surface area contributed by atoms with E-state index in [0.29, 0.717) is 0 Å². The molecule has 3 nitrogen and oxygen atoms in total. The lowest BCUT2D eigenvalue weighted by atomic mass is 10.0. The lowest BCUT2D eigenvalue weighted by Crippen LogP contribution is -2.49. The minimum Gasteiger partial charge on any atom is -0.318 e. The standard InChI is InChI=1S/C13H29N3/c1-5-6-13(11-14-2)16-9-7-12(8-10-16)15(3)4/h12-14H,5-11H2,1-4H3. The fourth-order valence-corrected chi connectivity index (χ4v) is 2.75. The van der Waals surface area contributed by atoms with Gasteiger partial charge in [0.25, 0.3) is 0 Å². The van der Waals surface area contributed by atoms with E-state index in [0.717, 1.165) is 18.6 Å². The third-order valence-electron chi connectivity index (χ3n) is 3.81. The van der Waals surface area contributed by atoms with Crippen LogP contribution in [0, 0.1) is 0 Å². The van der Waals surface area contributed by atoms with Gasteiger partial charge in [-0.15, -0.1) is 0 Å². The summed E-state index contributed by atoms with van der Waals surface area (Å²) in [5.41, 5.74) is 0. The van der Waals surface area contributed by atoms with Crippen molar-refractivity contribution in [1.29, 1.82) is 0 Å². The van der Waals surface area contributed by atoms with E-state index in [1.54, 1.807) is 0 Å². The Labute approximate surface area is 101 Å². The van der Waals surface area contributed by atoms with Gasteiger partial charge in [0.2, 0.25) is 0 Å². The van der Waals surface area contributed by atoms with Gasteiger partial charge in [-0.05, 0) is 53.5 Å². The molecule has 0 saturated carbocycles. The molecule has 1 aliphatic rings. The predicted molar refractivity (Wildman–Crippen MR) is 70.9 cm³/mol. The SMILES string of the molecule is CCCC(CNC)N1CCC(N(C)C)CC1. The molecule has 1 saturated heterocycles. The molecule has 0 spiro atoms. The first kappa shape index (κ1) is 13.9. The number of likely N-dealkylation sites (tertiary alicyclic amines) is 1. The number of hydrogen-bond donors (Lipinski definition) is 1. The van der Waals surface area contributed by atoms with Gasteiger partial charge in [0, 0.05) is 18.6 Å². The van der Waals surface area contributed by atoms with E-state index in [2.05, 4.69) is 43.2 Å². The molecule has 16 heavy (non-hydrogen) atoms. The molecular formula is C13H29N3. The van der Waals surface area contributed by atoms with Crippen LogP contribution in [-0.2, 0) is 0 Å². The lowest BCUT2D eigenvalue weighted by molar-refractivity contribution is 0.103. The maximum Gasteiger partial charge on any atom is 0.0220 e. The molecule has 1 N–H and O–H groups in total. The van der Waals surface area contributed by atoms with Crippen molar-refractivity contribution in [1.82, 2.24) is 15.1 Å². The second-order valence-electron chi connectivity index (χ2n) is 5.23. The van der Waals surface area contributed by atoms with Crippen LogP contribution in [0.2, 0.25) is 0 Å². The molecule has 3 heteroatoms. The zero-order valence-electron chi connectivity index (χ0n) is 11.5. The molecule has 1 atom stereocenters. The Kier molecular flexibility index (Phi) is 6.32. The van der Waals surface area contributed by atoms with Crippen LogP contribution in [0.1, 0.15) is 32.6 Å². The summed E-state index contributed by atoms with van der Waals surface area (Å²) in [7, 11) is 6.48. The molecule has 96 valence electrons. The van der Waals surface area contributed by atoms with Gasteiger partial charge in [0.15, 0.2) is 0 Å². The van der Waals surface area contributed by atoms with E-state index in [1.165, 1.54) is 38.8 Å². The number of piperidine rings is 1. The Bertz CT molecular complexity index is 168. The minimum atomic E-state index is 0.748. The summed E-state index contributed by atoms with van der Waals surface area (Å²) < 4.78 is 0. The Morgan fingerprint density at radius 1 is 1.31 bits per heavy atom. The second-order valence-corrected chi connectivity index (χ2v) is 5.23. The smallest absolute Gasteiger partial charge is 0.0220 e. The molecule has 1 fully saturated rings. The van der Waals surface area contributed by atoms with Gasteiger partial charge >= 0.3 is 0 Å². The first-order valence-electron chi connectivity index (χ1n) is 6.74. The van der Waals surface area contributed by atoms with Crippen LogP contribution in [0.3, 0.4) is 0 Å². The molecule has 0 radical (unpaired) electrons. The normalized spacial score (nSPS) is 21.6. The van der Waals surface area contributed by atoms with Crippen LogP contribution in [0.25, 0.3) is 0 Å². The highest BCUT2D eigenvalue weighted by Crippen LogP contribution is 2.18. The molecule has 0 aromatic heterocycles. The molecule has 0 aromatic carbocycles. The zero-order valence-corrected chi connectivity index (χ0v) is 11.5. The fraction of sp³-hybridized carbons (Fsp3) is 1.00. The van der Waals surface area contributed by atoms with Crippen molar-refractivity contribution >= 4 is 0 Å². The zero-order chi connectivity index (χ0) is 12.0. The first-order valence-corrected chi connectivity index (χ1v) is 6.74. The summed E-state index contributed by atoms with van der Waals surface area (Å²) in [5, 5.41) is 3.33. The van der Waals surface area contributed by atoms with E-state index in [1.807, 2.05) is 0 Å². The summed E-state index contributed by atoms with van der Waals surface area (Å²) in [6, 6.07) is 1.55. The van der Waals surface area contributed by atoms with Crippen LogP contribution >= 0.6 is 0 Å². The van der Waals surface area contributed by atoms with Gasteiger partial charge in [-0.25, -0.2) is 0 Å². The van der Waals surface area contributed by atoms with Crippen LogP contribution < -0.4 is 5.32 Å². The Balaban J connectivity index is 2.37. The number of rotatable bonds is 6. The summed E-state index contributed by atoms with van der Waals surface area (Å²) in [6.45, 7) is 5.97. The van der Waals surface area contributed by atoms with Crippen molar-refractivity contribution in [3.63, 3.8) is 0 Å². The van der Waals surface area contributed by atoms with Crippen LogP contribution in [0.15, 0.2) is 0 Å². The largest absolute Gasteiger partial charge is 0.318 e. The predicted octanol–water partition coefficient (Wildman–Crippen LogP) is 1.40. The molecular weight excluding hydrogens is 198 g/mol.